The van der Waals surface area contributed by atoms with Crippen LogP contribution in [0.15, 0.2) is 36.5 Å². The zero-order valence-electron chi connectivity index (χ0n) is 12.6. The van der Waals surface area contributed by atoms with Crippen molar-refractivity contribution in [3.05, 3.63) is 53.6 Å². The van der Waals surface area contributed by atoms with Crippen LogP contribution < -0.4 is 10.1 Å². The van der Waals surface area contributed by atoms with E-state index in [1.165, 1.54) is 12.1 Å². The maximum atomic E-state index is 13.0. The zero-order chi connectivity index (χ0) is 17.3. The van der Waals surface area contributed by atoms with E-state index in [-0.39, 0.29) is 22.9 Å². The van der Waals surface area contributed by atoms with Gasteiger partial charge in [0.1, 0.15) is 5.82 Å². The fourth-order valence-electron chi connectivity index (χ4n) is 2.39. The molecule has 6 nitrogen and oxygen atoms in total. The Kier molecular flexibility index (Phi) is 3.96. The normalized spacial score (nSPS) is 17.0. The highest BCUT2D eigenvalue weighted by atomic mass is 19.1. The van der Waals surface area contributed by atoms with Crippen LogP contribution in [0, 0.1) is 17.1 Å². The molecule has 0 saturated heterocycles. The molecular weight excluding hydrogens is 313 g/mol. The van der Waals surface area contributed by atoms with Crippen LogP contribution in [0.3, 0.4) is 0 Å². The minimum absolute atomic E-state index is 0.148. The van der Waals surface area contributed by atoms with E-state index in [2.05, 4.69) is 10.3 Å². The lowest BCUT2D eigenvalue weighted by Gasteiger charge is -2.25. The summed E-state index contributed by atoms with van der Waals surface area (Å²) in [5.74, 6) is -2.38. The molecule has 2 aromatic rings. The molecule has 1 aromatic carbocycles. The molecule has 24 heavy (non-hydrogen) atoms. The molecule has 0 saturated carbocycles. The summed E-state index contributed by atoms with van der Waals surface area (Å²) in [7, 11) is 0. The number of Topliss-reactive ketones (excluding diaryl/α,β-unsaturated/α-hetero) is 1. The quantitative estimate of drug-likeness (QED) is 0.875. The van der Waals surface area contributed by atoms with Crippen molar-refractivity contribution < 1.29 is 18.7 Å². The number of ether oxygens (including phenoxy) is 1. The molecule has 120 valence electrons. The third kappa shape index (κ3) is 2.70. The molecule has 1 N–H and O–H groups in total. The number of hydrogen-bond acceptors (Lipinski definition) is 5. The zero-order valence-corrected chi connectivity index (χ0v) is 12.6. The summed E-state index contributed by atoms with van der Waals surface area (Å²) in [5.41, 5.74) is 0.680. The van der Waals surface area contributed by atoms with Crippen molar-refractivity contribution in [2.24, 2.45) is 0 Å². The van der Waals surface area contributed by atoms with Gasteiger partial charge in [-0.05, 0) is 31.2 Å². The Bertz CT molecular complexity index is 858. The number of halogens is 1. The van der Waals surface area contributed by atoms with Crippen molar-refractivity contribution in [2.45, 2.75) is 18.9 Å². The van der Waals surface area contributed by atoms with Crippen molar-refractivity contribution in [1.29, 1.82) is 5.26 Å². The number of benzene rings is 1. The van der Waals surface area contributed by atoms with E-state index in [9.17, 15) is 19.2 Å². The molecule has 0 spiro atoms. The Balaban J connectivity index is 2.01. The smallest absolute Gasteiger partial charge is 0.265 e. The van der Waals surface area contributed by atoms with Crippen LogP contribution in [0.4, 0.5) is 10.1 Å². The molecule has 1 amide bonds. The second-order valence-electron chi connectivity index (χ2n) is 5.26. The molecule has 7 heteroatoms. The Morgan fingerprint density at radius 2 is 2.21 bits per heavy atom. The molecule has 2 heterocycles. The first-order valence-corrected chi connectivity index (χ1v) is 7.17. The first kappa shape index (κ1) is 15.6. The van der Waals surface area contributed by atoms with Gasteiger partial charge in [-0.2, -0.15) is 5.26 Å². The average molecular weight is 325 g/mol. The summed E-state index contributed by atoms with van der Waals surface area (Å²) in [6, 6.07) is 9.02. The van der Waals surface area contributed by atoms with Crippen LogP contribution in [0.1, 0.15) is 28.9 Å². The van der Waals surface area contributed by atoms with E-state index in [0.29, 0.717) is 5.69 Å². The topological polar surface area (TPSA) is 92.1 Å². The fourth-order valence-corrected chi connectivity index (χ4v) is 2.39. The molecule has 3 rings (SSSR count). The molecular formula is C17H12FN3O3. The van der Waals surface area contributed by atoms with Crippen molar-refractivity contribution in [1.82, 2.24) is 4.98 Å². The molecule has 1 aromatic heterocycles. The first-order chi connectivity index (χ1) is 11.5. The van der Waals surface area contributed by atoms with Crippen LogP contribution in [0.5, 0.6) is 5.75 Å². The minimum atomic E-state index is -1.20. The number of ketones is 1. The summed E-state index contributed by atoms with van der Waals surface area (Å²) in [5, 5.41) is 12.0. The third-order valence-corrected chi connectivity index (χ3v) is 3.64. The number of nitrogens with one attached hydrogen (secondary N) is 1. The number of aromatic nitrogens is 1. The number of pyridine rings is 1. The maximum Gasteiger partial charge on any atom is 0.265 e. The van der Waals surface area contributed by atoms with Crippen LogP contribution in [0.25, 0.3) is 0 Å². The summed E-state index contributed by atoms with van der Waals surface area (Å²) in [4.78, 5) is 28.2. The molecule has 1 aliphatic heterocycles. The number of hydrogen-bond donors (Lipinski definition) is 1. The van der Waals surface area contributed by atoms with E-state index >= 15 is 0 Å². The number of amides is 1. The van der Waals surface area contributed by atoms with E-state index < -0.39 is 23.6 Å². The standard InChI is InChI=1S/C17H12FN3O3/c1-9-17(23)21-14-4-2-3-11(16(14)24-9)15(22)12(7-19)13-6-5-10(18)8-20-13/h2-6,8-9,12H,1H3,(H,21,23)/t9-,12+/m1/s1. The fraction of sp³-hybridized carbons (Fsp3) is 0.176. The maximum absolute atomic E-state index is 13.0. The van der Waals surface area contributed by atoms with Gasteiger partial charge in [0.2, 0.25) is 0 Å². The first-order valence-electron chi connectivity index (χ1n) is 7.17. The van der Waals surface area contributed by atoms with Gasteiger partial charge in [-0.3, -0.25) is 14.6 Å². The Morgan fingerprint density at radius 1 is 1.42 bits per heavy atom. The van der Waals surface area contributed by atoms with E-state index in [4.69, 9.17) is 4.74 Å². The SMILES string of the molecule is C[C@H]1Oc2c(cccc2C(=O)[C@@H](C#N)c2ccc(F)cn2)NC1=O. The number of anilines is 1. The lowest BCUT2D eigenvalue weighted by molar-refractivity contribution is -0.122. The molecule has 0 aliphatic carbocycles. The van der Waals surface area contributed by atoms with Gasteiger partial charge >= 0.3 is 0 Å². The van der Waals surface area contributed by atoms with Gasteiger partial charge in [0.25, 0.3) is 5.91 Å². The van der Waals surface area contributed by atoms with Crippen molar-refractivity contribution in [3.63, 3.8) is 0 Å². The molecule has 0 radical (unpaired) electrons. The van der Waals surface area contributed by atoms with Crippen LogP contribution in [-0.2, 0) is 4.79 Å². The lowest BCUT2D eigenvalue weighted by atomic mass is 9.94. The van der Waals surface area contributed by atoms with Gasteiger partial charge in [0.15, 0.2) is 23.6 Å². The van der Waals surface area contributed by atoms with Gasteiger partial charge in [-0.15, -0.1) is 0 Å². The monoisotopic (exact) mass is 325 g/mol. The van der Waals surface area contributed by atoms with Gasteiger partial charge in [-0.25, -0.2) is 4.39 Å². The van der Waals surface area contributed by atoms with Crippen molar-refractivity contribution in [2.75, 3.05) is 5.32 Å². The average Bonchev–Trinajstić information content (AvgIpc) is 2.57. The predicted octanol–water partition coefficient (Wildman–Crippen LogP) is 2.43. The van der Waals surface area contributed by atoms with Crippen LogP contribution in [-0.4, -0.2) is 22.8 Å². The minimum Gasteiger partial charge on any atom is -0.478 e. The largest absolute Gasteiger partial charge is 0.478 e. The number of fused-ring (bicyclic) bond motifs is 1. The highest BCUT2D eigenvalue weighted by molar-refractivity contribution is 6.08. The number of carbonyl (C=O) groups excluding carboxylic acids is 2. The molecule has 0 unspecified atom stereocenters. The number of nitriles is 1. The van der Waals surface area contributed by atoms with Gasteiger partial charge in [-0.1, -0.05) is 6.07 Å². The van der Waals surface area contributed by atoms with Crippen LogP contribution in [0.2, 0.25) is 0 Å². The summed E-state index contributed by atoms with van der Waals surface area (Å²) in [6.07, 6.45) is 0.197. The van der Waals surface area contributed by atoms with Gasteiger partial charge in [0.05, 0.1) is 29.2 Å². The Morgan fingerprint density at radius 3 is 2.88 bits per heavy atom. The number of carbonyl (C=O) groups is 2. The van der Waals surface area contributed by atoms with Crippen molar-refractivity contribution >= 4 is 17.4 Å². The van der Waals surface area contributed by atoms with E-state index in [1.807, 2.05) is 6.07 Å². The van der Waals surface area contributed by atoms with Crippen LogP contribution >= 0.6 is 0 Å². The van der Waals surface area contributed by atoms with Gasteiger partial charge in [0, 0.05) is 0 Å². The molecule has 2 atom stereocenters. The second-order valence-corrected chi connectivity index (χ2v) is 5.26. The Labute approximate surface area is 136 Å². The molecule has 0 bridgehead atoms. The number of para-hydroxylation sites is 1. The Hall–Kier alpha value is -3.27. The summed E-state index contributed by atoms with van der Waals surface area (Å²) in [6.45, 7) is 1.56. The molecule has 1 aliphatic rings. The van der Waals surface area contributed by atoms with E-state index in [1.54, 1.807) is 19.1 Å². The van der Waals surface area contributed by atoms with E-state index in [0.717, 1.165) is 12.3 Å². The third-order valence-electron chi connectivity index (χ3n) is 3.64. The van der Waals surface area contributed by atoms with Gasteiger partial charge < -0.3 is 10.1 Å². The number of nitrogens with zero attached hydrogens (tertiary/aromatic N) is 2. The highest BCUT2D eigenvalue weighted by Gasteiger charge is 2.31. The summed E-state index contributed by atoms with van der Waals surface area (Å²) < 4.78 is 18.5. The molecule has 0 fully saturated rings. The van der Waals surface area contributed by atoms with Crippen molar-refractivity contribution in [3.8, 4) is 11.8 Å². The lowest BCUT2D eigenvalue weighted by Crippen LogP contribution is -2.35. The number of rotatable bonds is 3. The second kappa shape index (κ2) is 6.08. The highest BCUT2D eigenvalue weighted by Crippen LogP contribution is 2.35. The predicted molar refractivity (Wildman–Crippen MR) is 82.0 cm³/mol. The summed E-state index contributed by atoms with van der Waals surface area (Å²) >= 11 is 0.